The molecular weight excluding hydrogens is 220 g/mol. The number of pyridine rings is 1. The lowest BCUT2D eigenvalue weighted by Gasteiger charge is -2.14. The van der Waals surface area contributed by atoms with Crippen molar-refractivity contribution in [3.63, 3.8) is 0 Å². The first kappa shape index (κ1) is 12.8. The van der Waals surface area contributed by atoms with Crippen LogP contribution >= 0.6 is 0 Å². The molecule has 0 bridgehead atoms. The van der Waals surface area contributed by atoms with Gasteiger partial charge < -0.3 is 5.32 Å². The summed E-state index contributed by atoms with van der Waals surface area (Å²) in [7, 11) is 0. The Morgan fingerprint density at radius 1 is 1.17 bits per heavy atom. The predicted octanol–water partition coefficient (Wildman–Crippen LogP) is 3.55. The normalized spacial score (nSPS) is 12.4. The molecule has 0 aliphatic carbocycles. The Morgan fingerprint density at radius 2 is 2.00 bits per heavy atom. The zero-order chi connectivity index (χ0) is 13.0. The number of nitrogens with zero attached hydrogens (tertiary/aromatic N) is 1. The molecule has 0 radical (unpaired) electrons. The van der Waals surface area contributed by atoms with E-state index < -0.39 is 0 Å². The summed E-state index contributed by atoms with van der Waals surface area (Å²) in [6.45, 7) is 7.35. The fraction of sp³-hybridized carbons (Fsp3) is 0.312. The SMILES string of the molecule is Cc1ccc(CN[C@@H](C)c2cccnc2)cc1C. The minimum atomic E-state index is 0.320. The number of nitrogens with one attached hydrogen (secondary N) is 1. The van der Waals surface area contributed by atoms with E-state index in [0.717, 1.165) is 6.54 Å². The van der Waals surface area contributed by atoms with Crippen molar-refractivity contribution < 1.29 is 0 Å². The first-order valence-corrected chi connectivity index (χ1v) is 6.36. The fourth-order valence-corrected chi connectivity index (χ4v) is 1.93. The van der Waals surface area contributed by atoms with Crippen LogP contribution in [0, 0.1) is 13.8 Å². The first-order valence-electron chi connectivity index (χ1n) is 6.36. The number of hydrogen-bond acceptors (Lipinski definition) is 2. The van der Waals surface area contributed by atoms with Crippen LogP contribution < -0.4 is 5.32 Å². The summed E-state index contributed by atoms with van der Waals surface area (Å²) in [6, 6.07) is 11.0. The van der Waals surface area contributed by atoms with Gasteiger partial charge in [-0.3, -0.25) is 4.98 Å². The molecule has 1 aromatic carbocycles. The monoisotopic (exact) mass is 240 g/mol. The van der Waals surface area contributed by atoms with E-state index in [2.05, 4.69) is 55.3 Å². The number of aromatic nitrogens is 1. The fourth-order valence-electron chi connectivity index (χ4n) is 1.93. The van der Waals surface area contributed by atoms with Gasteiger partial charge in [0.05, 0.1) is 0 Å². The van der Waals surface area contributed by atoms with Gasteiger partial charge in [0, 0.05) is 25.0 Å². The van der Waals surface area contributed by atoms with Crippen LogP contribution in [0.2, 0.25) is 0 Å². The summed E-state index contributed by atoms with van der Waals surface area (Å²) in [5.74, 6) is 0. The molecule has 18 heavy (non-hydrogen) atoms. The average Bonchev–Trinajstić information content (AvgIpc) is 2.41. The lowest BCUT2D eigenvalue weighted by molar-refractivity contribution is 0.573. The van der Waals surface area contributed by atoms with Crippen LogP contribution in [0.15, 0.2) is 42.7 Å². The quantitative estimate of drug-likeness (QED) is 0.884. The van der Waals surface area contributed by atoms with Crippen LogP contribution in [0.3, 0.4) is 0 Å². The lowest BCUT2D eigenvalue weighted by atomic mass is 10.1. The van der Waals surface area contributed by atoms with E-state index in [-0.39, 0.29) is 0 Å². The zero-order valence-electron chi connectivity index (χ0n) is 11.3. The van der Waals surface area contributed by atoms with E-state index in [9.17, 15) is 0 Å². The van der Waals surface area contributed by atoms with E-state index >= 15 is 0 Å². The molecule has 2 nitrogen and oxygen atoms in total. The van der Waals surface area contributed by atoms with Crippen molar-refractivity contribution >= 4 is 0 Å². The summed E-state index contributed by atoms with van der Waals surface area (Å²) in [5, 5.41) is 3.52. The molecule has 1 N–H and O–H groups in total. The van der Waals surface area contributed by atoms with Crippen molar-refractivity contribution in [2.75, 3.05) is 0 Å². The maximum absolute atomic E-state index is 4.15. The van der Waals surface area contributed by atoms with Crippen LogP contribution in [0.1, 0.15) is 35.2 Å². The highest BCUT2D eigenvalue weighted by Crippen LogP contribution is 2.13. The lowest BCUT2D eigenvalue weighted by Crippen LogP contribution is -2.18. The molecule has 0 saturated carbocycles. The summed E-state index contributed by atoms with van der Waals surface area (Å²) in [5.41, 5.74) is 5.25. The van der Waals surface area contributed by atoms with Gasteiger partial charge in [0.2, 0.25) is 0 Å². The average molecular weight is 240 g/mol. The minimum Gasteiger partial charge on any atom is -0.306 e. The highest BCUT2D eigenvalue weighted by Gasteiger charge is 2.04. The molecule has 2 heteroatoms. The number of hydrogen-bond donors (Lipinski definition) is 1. The molecule has 0 fully saturated rings. The Morgan fingerprint density at radius 3 is 2.67 bits per heavy atom. The van der Waals surface area contributed by atoms with E-state index in [1.807, 2.05) is 12.3 Å². The Balaban J connectivity index is 1.97. The predicted molar refractivity (Wildman–Crippen MR) is 75.4 cm³/mol. The number of benzene rings is 1. The summed E-state index contributed by atoms with van der Waals surface area (Å²) >= 11 is 0. The third kappa shape index (κ3) is 3.17. The van der Waals surface area contributed by atoms with Crippen LogP contribution in [0.4, 0.5) is 0 Å². The Bertz CT molecular complexity index is 506. The molecule has 0 saturated heterocycles. The van der Waals surface area contributed by atoms with Crippen molar-refractivity contribution in [2.45, 2.75) is 33.4 Å². The van der Waals surface area contributed by atoms with Gasteiger partial charge in [-0.2, -0.15) is 0 Å². The third-order valence-corrected chi connectivity index (χ3v) is 3.37. The van der Waals surface area contributed by atoms with Gasteiger partial charge in [-0.25, -0.2) is 0 Å². The molecule has 0 aliphatic rings. The van der Waals surface area contributed by atoms with Crippen molar-refractivity contribution in [3.05, 3.63) is 65.0 Å². The molecule has 94 valence electrons. The molecular formula is C16H20N2. The second-order valence-corrected chi connectivity index (χ2v) is 4.81. The van der Waals surface area contributed by atoms with E-state index in [0.29, 0.717) is 6.04 Å². The third-order valence-electron chi connectivity index (χ3n) is 3.37. The number of aryl methyl sites for hydroxylation is 2. The maximum atomic E-state index is 4.15. The van der Waals surface area contributed by atoms with Gasteiger partial charge in [0.25, 0.3) is 0 Å². The van der Waals surface area contributed by atoms with Crippen molar-refractivity contribution in [1.82, 2.24) is 10.3 Å². The molecule has 2 aromatic rings. The van der Waals surface area contributed by atoms with Crippen molar-refractivity contribution in [3.8, 4) is 0 Å². The van der Waals surface area contributed by atoms with Crippen LogP contribution in [0.25, 0.3) is 0 Å². The van der Waals surface area contributed by atoms with Gasteiger partial charge in [-0.15, -0.1) is 0 Å². The minimum absolute atomic E-state index is 0.320. The van der Waals surface area contributed by atoms with Gasteiger partial charge in [-0.1, -0.05) is 24.3 Å². The maximum Gasteiger partial charge on any atom is 0.0315 e. The largest absolute Gasteiger partial charge is 0.306 e. The van der Waals surface area contributed by atoms with Crippen LogP contribution in [-0.2, 0) is 6.54 Å². The van der Waals surface area contributed by atoms with Gasteiger partial charge in [-0.05, 0) is 49.1 Å². The molecule has 1 heterocycles. The Hall–Kier alpha value is -1.67. The molecule has 0 spiro atoms. The number of rotatable bonds is 4. The van der Waals surface area contributed by atoms with Gasteiger partial charge >= 0.3 is 0 Å². The van der Waals surface area contributed by atoms with E-state index in [4.69, 9.17) is 0 Å². The zero-order valence-corrected chi connectivity index (χ0v) is 11.3. The topological polar surface area (TPSA) is 24.9 Å². The Labute approximate surface area is 109 Å². The molecule has 0 amide bonds. The second-order valence-electron chi connectivity index (χ2n) is 4.81. The summed E-state index contributed by atoms with van der Waals surface area (Å²) < 4.78 is 0. The molecule has 0 aliphatic heterocycles. The van der Waals surface area contributed by atoms with Gasteiger partial charge in [0.15, 0.2) is 0 Å². The van der Waals surface area contributed by atoms with Crippen molar-refractivity contribution in [2.24, 2.45) is 0 Å². The molecule has 2 rings (SSSR count). The molecule has 0 unspecified atom stereocenters. The molecule has 1 atom stereocenters. The highest BCUT2D eigenvalue weighted by atomic mass is 14.9. The summed E-state index contributed by atoms with van der Waals surface area (Å²) in [6.07, 6.45) is 3.72. The van der Waals surface area contributed by atoms with Gasteiger partial charge in [0.1, 0.15) is 0 Å². The van der Waals surface area contributed by atoms with E-state index in [1.54, 1.807) is 6.20 Å². The smallest absolute Gasteiger partial charge is 0.0315 e. The molecule has 1 aromatic heterocycles. The second kappa shape index (κ2) is 5.78. The first-order chi connectivity index (χ1) is 8.66. The highest BCUT2D eigenvalue weighted by molar-refractivity contribution is 5.30. The standard InChI is InChI=1S/C16H20N2/c1-12-6-7-15(9-13(12)2)10-18-14(3)16-5-4-8-17-11-16/h4-9,11,14,18H,10H2,1-3H3/t14-/m0/s1. The van der Waals surface area contributed by atoms with Crippen LogP contribution in [0.5, 0.6) is 0 Å². The van der Waals surface area contributed by atoms with Crippen LogP contribution in [-0.4, -0.2) is 4.98 Å². The summed E-state index contributed by atoms with van der Waals surface area (Å²) in [4.78, 5) is 4.15. The van der Waals surface area contributed by atoms with Crippen molar-refractivity contribution in [1.29, 1.82) is 0 Å². The Kier molecular flexibility index (Phi) is 4.11. The van der Waals surface area contributed by atoms with E-state index in [1.165, 1.54) is 22.3 Å².